The molecule has 0 N–H and O–H groups in total. The summed E-state index contributed by atoms with van der Waals surface area (Å²) in [6, 6.07) is 0. The molecule has 0 radical (unpaired) electrons. The zero-order valence-corrected chi connectivity index (χ0v) is 6.01. The highest BCUT2D eigenvalue weighted by atomic mass is 16.8. The summed E-state index contributed by atoms with van der Waals surface area (Å²) in [5.74, 6) is 0.855. The molecule has 2 saturated heterocycles. The van der Waals surface area contributed by atoms with Crippen LogP contribution in [0.2, 0.25) is 0 Å². The Morgan fingerprint density at radius 1 is 1.20 bits per heavy atom. The van der Waals surface area contributed by atoms with Crippen molar-refractivity contribution in [3.63, 3.8) is 0 Å². The van der Waals surface area contributed by atoms with Gasteiger partial charge in [-0.1, -0.05) is 0 Å². The second-order valence-corrected chi connectivity index (χ2v) is 3.70. The molecule has 0 aromatic rings. The van der Waals surface area contributed by atoms with Gasteiger partial charge in [-0.2, -0.15) is 0 Å². The van der Waals surface area contributed by atoms with E-state index in [2.05, 4.69) is 0 Å². The molecule has 2 aliphatic heterocycles. The topological polar surface area (TPSA) is 21.8 Å². The minimum absolute atomic E-state index is 0.0544. The van der Waals surface area contributed by atoms with Crippen molar-refractivity contribution in [1.82, 2.24) is 0 Å². The Morgan fingerprint density at radius 2 is 2.20 bits per heavy atom. The number of fused-ring (bicyclic) bond motifs is 1. The lowest BCUT2D eigenvalue weighted by atomic mass is 9.83. The lowest BCUT2D eigenvalue weighted by Gasteiger charge is -2.30. The minimum Gasteiger partial charge on any atom is -0.347 e. The van der Waals surface area contributed by atoms with Gasteiger partial charge in [-0.15, -0.1) is 0 Å². The van der Waals surface area contributed by atoms with Crippen molar-refractivity contribution in [1.29, 1.82) is 0 Å². The van der Waals surface area contributed by atoms with E-state index >= 15 is 0 Å². The summed E-state index contributed by atoms with van der Waals surface area (Å²) < 4.78 is 11.1. The SMILES string of the molecule is C1CC2CCC3OC3(C2)O1. The standard InChI is InChI=1S/C8H12O2/c1-2-7-8(10-7)5-6(1)3-4-9-8/h6-7H,1-5H2. The van der Waals surface area contributed by atoms with Crippen LogP contribution in [0.25, 0.3) is 0 Å². The molecule has 1 aliphatic carbocycles. The normalized spacial score (nSPS) is 57.6. The van der Waals surface area contributed by atoms with Crippen LogP contribution < -0.4 is 0 Å². The van der Waals surface area contributed by atoms with E-state index in [1.54, 1.807) is 0 Å². The van der Waals surface area contributed by atoms with Crippen molar-refractivity contribution >= 4 is 0 Å². The number of hydrogen-bond donors (Lipinski definition) is 0. The van der Waals surface area contributed by atoms with E-state index in [1.165, 1.54) is 25.7 Å². The largest absolute Gasteiger partial charge is 0.347 e. The van der Waals surface area contributed by atoms with Crippen molar-refractivity contribution in [2.24, 2.45) is 5.92 Å². The summed E-state index contributed by atoms with van der Waals surface area (Å²) in [6.45, 7) is 0.932. The molecular weight excluding hydrogens is 128 g/mol. The summed E-state index contributed by atoms with van der Waals surface area (Å²) >= 11 is 0. The van der Waals surface area contributed by atoms with Gasteiger partial charge in [0.2, 0.25) is 0 Å². The Labute approximate surface area is 60.5 Å². The highest BCUT2D eigenvalue weighted by molar-refractivity contribution is 5.02. The Balaban J connectivity index is 1.87. The Bertz CT molecular complexity index is 167. The molecule has 3 unspecified atom stereocenters. The van der Waals surface area contributed by atoms with Crippen LogP contribution in [-0.2, 0) is 9.47 Å². The molecule has 1 saturated carbocycles. The van der Waals surface area contributed by atoms with Crippen molar-refractivity contribution in [3.8, 4) is 0 Å². The van der Waals surface area contributed by atoms with Crippen LogP contribution in [0, 0.1) is 5.92 Å². The molecule has 2 heteroatoms. The van der Waals surface area contributed by atoms with Crippen molar-refractivity contribution in [2.75, 3.05) is 6.61 Å². The summed E-state index contributed by atoms with van der Waals surface area (Å²) in [5.41, 5.74) is 0. The molecule has 3 atom stereocenters. The second-order valence-electron chi connectivity index (χ2n) is 3.70. The first-order valence-electron chi connectivity index (χ1n) is 4.21. The molecule has 0 aromatic heterocycles. The van der Waals surface area contributed by atoms with Gasteiger partial charge in [-0.05, 0) is 25.2 Å². The first-order chi connectivity index (χ1) is 4.89. The molecule has 2 heterocycles. The van der Waals surface area contributed by atoms with Crippen LogP contribution in [0.5, 0.6) is 0 Å². The molecule has 3 aliphatic rings. The molecule has 2 nitrogen and oxygen atoms in total. The van der Waals surface area contributed by atoms with Crippen molar-refractivity contribution in [3.05, 3.63) is 0 Å². The van der Waals surface area contributed by atoms with E-state index < -0.39 is 0 Å². The molecule has 3 fully saturated rings. The number of epoxide rings is 1. The van der Waals surface area contributed by atoms with Crippen LogP contribution in [0.15, 0.2) is 0 Å². The van der Waals surface area contributed by atoms with Crippen LogP contribution in [0.3, 0.4) is 0 Å². The van der Waals surface area contributed by atoms with Gasteiger partial charge in [0.1, 0.15) is 6.10 Å². The summed E-state index contributed by atoms with van der Waals surface area (Å²) in [4.78, 5) is 0. The van der Waals surface area contributed by atoms with E-state index in [0.717, 1.165) is 12.5 Å². The third-order valence-corrected chi connectivity index (χ3v) is 3.06. The van der Waals surface area contributed by atoms with Gasteiger partial charge >= 0.3 is 0 Å². The number of ether oxygens (including phenoxy) is 2. The molecule has 1 spiro atoms. The van der Waals surface area contributed by atoms with E-state index in [1.807, 2.05) is 0 Å². The van der Waals surface area contributed by atoms with Crippen LogP contribution in [0.1, 0.15) is 25.7 Å². The fraction of sp³-hybridized carbons (Fsp3) is 1.00. The molecule has 56 valence electrons. The first kappa shape index (κ1) is 5.56. The van der Waals surface area contributed by atoms with Gasteiger partial charge in [-0.3, -0.25) is 0 Å². The van der Waals surface area contributed by atoms with Gasteiger partial charge in [0.05, 0.1) is 6.61 Å². The van der Waals surface area contributed by atoms with Gasteiger partial charge < -0.3 is 9.47 Å². The first-order valence-corrected chi connectivity index (χ1v) is 4.21. The highest BCUT2D eigenvalue weighted by Crippen LogP contribution is 2.53. The van der Waals surface area contributed by atoms with E-state index in [0.29, 0.717) is 6.10 Å². The predicted octanol–water partition coefficient (Wildman–Crippen LogP) is 1.30. The van der Waals surface area contributed by atoms with Gasteiger partial charge in [0, 0.05) is 6.42 Å². The molecule has 10 heavy (non-hydrogen) atoms. The average molecular weight is 140 g/mol. The molecule has 2 bridgehead atoms. The maximum Gasteiger partial charge on any atom is 0.195 e. The molecular formula is C8H12O2. The van der Waals surface area contributed by atoms with Crippen molar-refractivity contribution < 1.29 is 9.47 Å². The summed E-state index contributed by atoms with van der Waals surface area (Å²) in [6.07, 6.45) is 5.53. The lowest BCUT2D eigenvalue weighted by Crippen LogP contribution is -2.34. The van der Waals surface area contributed by atoms with Crippen LogP contribution >= 0.6 is 0 Å². The smallest absolute Gasteiger partial charge is 0.195 e. The average Bonchev–Trinajstić information content (AvgIpc) is 2.60. The van der Waals surface area contributed by atoms with Gasteiger partial charge in [0.25, 0.3) is 0 Å². The number of rotatable bonds is 0. The fourth-order valence-electron chi connectivity index (χ4n) is 2.39. The molecule has 0 aromatic carbocycles. The maximum absolute atomic E-state index is 5.59. The summed E-state index contributed by atoms with van der Waals surface area (Å²) in [5, 5.41) is 0. The van der Waals surface area contributed by atoms with Crippen molar-refractivity contribution in [2.45, 2.75) is 37.6 Å². The van der Waals surface area contributed by atoms with Gasteiger partial charge in [0.15, 0.2) is 5.79 Å². The quantitative estimate of drug-likeness (QED) is 0.473. The third kappa shape index (κ3) is 0.565. The van der Waals surface area contributed by atoms with Crippen LogP contribution in [0.4, 0.5) is 0 Å². The van der Waals surface area contributed by atoms with E-state index in [4.69, 9.17) is 9.47 Å². The highest BCUT2D eigenvalue weighted by Gasteiger charge is 2.62. The minimum atomic E-state index is -0.0544. The second kappa shape index (κ2) is 1.56. The summed E-state index contributed by atoms with van der Waals surface area (Å²) in [7, 11) is 0. The fourth-order valence-corrected chi connectivity index (χ4v) is 2.39. The zero-order valence-electron chi connectivity index (χ0n) is 6.01. The lowest BCUT2D eigenvalue weighted by molar-refractivity contribution is -0.0978. The van der Waals surface area contributed by atoms with E-state index in [9.17, 15) is 0 Å². The Morgan fingerprint density at radius 3 is 3.10 bits per heavy atom. The number of hydrogen-bond acceptors (Lipinski definition) is 2. The third-order valence-electron chi connectivity index (χ3n) is 3.06. The van der Waals surface area contributed by atoms with E-state index in [-0.39, 0.29) is 5.79 Å². The van der Waals surface area contributed by atoms with Crippen LogP contribution in [-0.4, -0.2) is 18.5 Å². The van der Waals surface area contributed by atoms with Gasteiger partial charge in [-0.25, -0.2) is 0 Å². The monoisotopic (exact) mass is 140 g/mol. The molecule has 0 amide bonds. The Kier molecular flexibility index (Phi) is 0.868. The molecule has 3 rings (SSSR count). The zero-order chi connectivity index (χ0) is 6.60. The maximum atomic E-state index is 5.59. The predicted molar refractivity (Wildman–Crippen MR) is 35.5 cm³/mol. The Hall–Kier alpha value is -0.0800.